The van der Waals surface area contributed by atoms with Gasteiger partial charge in [0, 0.05) is 37.4 Å². The molecule has 0 aromatic carbocycles. The number of halogens is 1. The minimum atomic E-state index is 0.111. The first-order chi connectivity index (χ1) is 9.08. The maximum atomic E-state index is 12.8. The summed E-state index contributed by atoms with van der Waals surface area (Å²) in [4.78, 5) is 14.8. The van der Waals surface area contributed by atoms with E-state index in [0.717, 1.165) is 31.6 Å². The van der Waals surface area contributed by atoms with Crippen molar-refractivity contribution in [1.82, 2.24) is 14.8 Å². The first kappa shape index (κ1) is 13.0. The van der Waals surface area contributed by atoms with Crippen molar-refractivity contribution in [3.05, 3.63) is 23.0 Å². The molecule has 1 aromatic rings. The van der Waals surface area contributed by atoms with E-state index < -0.39 is 0 Å². The number of aromatic nitrogens is 1. The van der Waals surface area contributed by atoms with Crippen molar-refractivity contribution in [1.29, 1.82) is 0 Å². The Labute approximate surface area is 118 Å². The number of amides is 1. The number of hydrogen-bond acceptors (Lipinski definition) is 2. The number of nitrogens with one attached hydrogen (secondary N) is 1. The molecule has 2 aliphatic rings. The van der Waals surface area contributed by atoms with Crippen molar-refractivity contribution in [2.45, 2.75) is 44.8 Å². The third kappa shape index (κ3) is 2.39. The Morgan fingerprint density at radius 3 is 2.53 bits per heavy atom. The van der Waals surface area contributed by atoms with Gasteiger partial charge in [0.05, 0.1) is 5.02 Å². The van der Waals surface area contributed by atoms with E-state index in [9.17, 15) is 4.79 Å². The van der Waals surface area contributed by atoms with Crippen molar-refractivity contribution in [2.24, 2.45) is 0 Å². The second kappa shape index (κ2) is 4.84. The second-order valence-electron chi connectivity index (χ2n) is 5.75. The maximum absolute atomic E-state index is 12.8. The Morgan fingerprint density at radius 1 is 1.32 bits per heavy atom. The Hall–Kier alpha value is -1.00. The van der Waals surface area contributed by atoms with Crippen LogP contribution >= 0.6 is 11.6 Å². The predicted molar refractivity (Wildman–Crippen MR) is 75.7 cm³/mol. The first-order valence-electron chi connectivity index (χ1n) is 6.98. The highest BCUT2D eigenvalue weighted by Crippen LogP contribution is 2.38. The lowest BCUT2D eigenvalue weighted by Gasteiger charge is -2.39. The van der Waals surface area contributed by atoms with Crippen molar-refractivity contribution in [3.63, 3.8) is 0 Å². The zero-order chi connectivity index (χ0) is 13.6. The molecule has 3 rings (SSSR count). The number of hydrogen-bond donors (Lipinski definition) is 1. The maximum Gasteiger partial charge on any atom is 0.271 e. The molecule has 1 N–H and O–H groups in total. The van der Waals surface area contributed by atoms with Gasteiger partial charge in [-0.25, -0.2) is 0 Å². The van der Waals surface area contributed by atoms with Gasteiger partial charge in [0.25, 0.3) is 5.91 Å². The highest BCUT2D eigenvalue weighted by atomic mass is 35.5. The van der Waals surface area contributed by atoms with E-state index in [1.54, 1.807) is 0 Å². The predicted octanol–water partition coefficient (Wildman–Crippen LogP) is 2.30. The topological polar surface area (TPSA) is 37.3 Å². The lowest BCUT2D eigenvalue weighted by atomic mass is 10.1. The van der Waals surface area contributed by atoms with Crippen LogP contribution in [-0.4, -0.2) is 40.5 Å². The average Bonchev–Trinajstić information content (AvgIpc) is 3.12. The molecule has 1 saturated carbocycles. The van der Waals surface area contributed by atoms with Crippen LogP contribution < -0.4 is 5.32 Å². The molecule has 1 aliphatic carbocycles. The van der Waals surface area contributed by atoms with Crippen molar-refractivity contribution in [3.8, 4) is 0 Å². The van der Waals surface area contributed by atoms with Crippen LogP contribution in [0.15, 0.2) is 12.3 Å². The summed E-state index contributed by atoms with van der Waals surface area (Å²) in [5.74, 6) is 0.111. The van der Waals surface area contributed by atoms with Crippen LogP contribution in [-0.2, 0) is 0 Å². The van der Waals surface area contributed by atoms with E-state index in [4.69, 9.17) is 11.6 Å². The number of carbonyl (C=O) groups is 1. The minimum Gasteiger partial charge on any atom is -0.339 e. The number of nitrogens with zero attached hydrogens (tertiary/aromatic N) is 2. The number of piperazine rings is 1. The normalized spacial score (nSPS) is 27.6. The number of carbonyl (C=O) groups excluding carboxylic acids is 1. The van der Waals surface area contributed by atoms with Gasteiger partial charge in [0.1, 0.15) is 5.69 Å². The molecule has 2 fully saturated rings. The molecule has 0 bridgehead atoms. The zero-order valence-corrected chi connectivity index (χ0v) is 12.2. The van der Waals surface area contributed by atoms with Gasteiger partial charge in [-0.3, -0.25) is 4.79 Å². The van der Waals surface area contributed by atoms with Crippen LogP contribution in [0.3, 0.4) is 0 Å². The van der Waals surface area contributed by atoms with E-state index in [0.29, 0.717) is 11.1 Å². The summed E-state index contributed by atoms with van der Waals surface area (Å²) in [6.45, 7) is 5.89. The zero-order valence-electron chi connectivity index (χ0n) is 11.4. The van der Waals surface area contributed by atoms with Gasteiger partial charge < -0.3 is 14.8 Å². The largest absolute Gasteiger partial charge is 0.339 e. The highest BCUT2D eigenvalue weighted by molar-refractivity contribution is 6.31. The van der Waals surface area contributed by atoms with Gasteiger partial charge in [-0.2, -0.15) is 0 Å². The first-order valence-corrected chi connectivity index (χ1v) is 7.36. The van der Waals surface area contributed by atoms with Crippen molar-refractivity contribution < 1.29 is 4.79 Å². The Bertz CT molecular complexity index is 485. The summed E-state index contributed by atoms with van der Waals surface area (Å²) in [5, 5.41) is 4.01. The third-order valence-electron chi connectivity index (χ3n) is 4.04. The molecule has 104 valence electrons. The summed E-state index contributed by atoms with van der Waals surface area (Å²) < 4.78 is 2.06. The van der Waals surface area contributed by atoms with E-state index in [1.165, 1.54) is 0 Å². The molecule has 2 unspecified atom stereocenters. The summed E-state index contributed by atoms with van der Waals surface area (Å²) in [6.07, 6.45) is 4.19. The van der Waals surface area contributed by atoms with E-state index in [2.05, 4.69) is 23.7 Å². The molecule has 1 amide bonds. The van der Waals surface area contributed by atoms with Crippen LogP contribution in [0.25, 0.3) is 0 Å². The van der Waals surface area contributed by atoms with Crippen LogP contribution in [0.1, 0.15) is 43.2 Å². The van der Waals surface area contributed by atoms with E-state index >= 15 is 0 Å². The Morgan fingerprint density at radius 2 is 1.95 bits per heavy atom. The van der Waals surface area contributed by atoms with Crippen LogP contribution in [0.2, 0.25) is 5.02 Å². The lowest BCUT2D eigenvalue weighted by molar-refractivity contribution is 0.0533. The van der Waals surface area contributed by atoms with Gasteiger partial charge in [-0.1, -0.05) is 11.6 Å². The van der Waals surface area contributed by atoms with Gasteiger partial charge >= 0.3 is 0 Å². The molecular formula is C14H20ClN3O. The fourth-order valence-electron chi connectivity index (χ4n) is 2.94. The molecular weight excluding hydrogens is 262 g/mol. The molecule has 5 heteroatoms. The quantitative estimate of drug-likeness (QED) is 0.903. The highest BCUT2D eigenvalue weighted by Gasteiger charge is 2.34. The molecule has 2 heterocycles. The minimum absolute atomic E-state index is 0.111. The summed E-state index contributed by atoms with van der Waals surface area (Å²) in [6, 6.07) is 2.72. The van der Waals surface area contributed by atoms with Crippen molar-refractivity contribution >= 4 is 17.5 Å². The van der Waals surface area contributed by atoms with Gasteiger partial charge in [0.2, 0.25) is 0 Å². The Kier molecular flexibility index (Phi) is 3.31. The van der Waals surface area contributed by atoms with E-state index in [-0.39, 0.29) is 18.0 Å². The molecule has 1 aromatic heterocycles. The van der Waals surface area contributed by atoms with Crippen LogP contribution in [0.4, 0.5) is 0 Å². The average molecular weight is 282 g/mol. The smallest absolute Gasteiger partial charge is 0.271 e. The molecule has 0 spiro atoms. The fourth-order valence-corrected chi connectivity index (χ4v) is 3.15. The summed E-state index contributed by atoms with van der Waals surface area (Å²) in [7, 11) is 0. The number of rotatable bonds is 2. The fraction of sp³-hybridized carbons (Fsp3) is 0.643. The molecule has 1 aliphatic heterocycles. The van der Waals surface area contributed by atoms with Crippen LogP contribution in [0, 0.1) is 0 Å². The van der Waals surface area contributed by atoms with Crippen molar-refractivity contribution in [2.75, 3.05) is 13.1 Å². The van der Waals surface area contributed by atoms with Crippen LogP contribution in [0.5, 0.6) is 0 Å². The molecule has 0 radical (unpaired) electrons. The molecule has 19 heavy (non-hydrogen) atoms. The summed E-state index contributed by atoms with van der Waals surface area (Å²) >= 11 is 6.09. The van der Waals surface area contributed by atoms with Gasteiger partial charge in [-0.05, 0) is 32.8 Å². The standard InChI is InChI=1S/C14H20ClN3O/c1-9-6-16-7-10(2)18(9)14(19)13-5-11(15)8-17(13)12-3-4-12/h5,8-10,12,16H,3-4,6-7H2,1-2H3. The molecule has 2 atom stereocenters. The third-order valence-corrected chi connectivity index (χ3v) is 4.25. The summed E-state index contributed by atoms with van der Waals surface area (Å²) in [5.41, 5.74) is 0.744. The monoisotopic (exact) mass is 281 g/mol. The molecule has 4 nitrogen and oxygen atoms in total. The van der Waals surface area contributed by atoms with E-state index in [1.807, 2.05) is 17.2 Å². The molecule has 1 saturated heterocycles. The SMILES string of the molecule is CC1CNCC(C)N1C(=O)c1cc(Cl)cn1C1CC1. The lowest BCUT2D eigenvalue weighted by Crippen LogP contribution is -2.57. The Balaban J connectivity index is 1.90. The van der Waals surface area contributed by atoms with Gasteiger partial charge in [0.15, 0.2) is 0 Å². The second-order valence-corrected chi connectivity index (χ2v) is 6.19. The van der Waals surface area contributed by atoms with Gasteiger partial charge in [-0.15, -0.1) is 0 Å².